The minimum atomic E-state index is -0.472. The number of fused-ring (bicyclic) bond motifs is 1. The molecule has 1 amide bonds. The number of carbonyl (C=O) groups is 2. The van der Waals surface area contributed by atoms with E-state index in [0.29, 0.717) is 13.0 Å². The van der Waals surface area contributed by atoms with Crippen molar-refractivity contribution in [3.8, 4) is 5.75 Å². The SMILES string of the molecule is CC(=O)[C@@H](Cc1ccccc1)NC(=O)CN1CCN(Cc2ccc3c(c2)CCO3)CC1. The Balaban J connectivity index is 1.22. The van der Waals surface area contributed by atoms with Gasteiger partial charge in [0.05, 0.1) is 19.2 Å². The first kappa shape index (κ1) is 21.5. The van der Waals surface area contributed by atoms with Crippen LogP contribution in [0.1, 0.15) is 23.6 Å². The van der Waals surface area contributed by atoms with E-state index in [1.165, 1.54) is 18.1 Å². The van der Waals surface area contributed by atoms with Gasteiger partial charge in [0.2, 0.25) is 5.91 Å². The van der Waals surface area contributed by atoms with Crippen molar-refractivity contribution in [1.29, 1.82) is 0 Å². The highest BCUT2D eigenvalue weighted by molar-refractivity contribution is 5.88. The Bertz CT molecular complexity index is 907. The Morgan fingerprint density at radius 2 is 1.74 bits per heavy atom. The molecule has 1 fully saturated rings. The zero-order valence-corrected chi connectivity index (χ0v) is 18.2. The average Bonchev–Trinajstić information content (AvgIpc) is 3.23. The largest absolute Gasteiger partial charge is 0.493 e. The summed E-state index contributed by atoms with van der Waals surface area (Å²) < 4.78 is 5.59. The Kier molecular flexibility index (Phi) is 6.99. The lowest BCUT2D eigenvalue weighted by Gasteiger charge is -2.34. The smallest absolute Gasteiger partial charge is 0.234 e. The van der Waals surface area contributed by atoms with Gasteiger partial charge in [-0.25, -0.2) is 0 Å². The van der Waals surface area contributed by atoms with Gasteiger partial charge in [0.25, 0.3) is 0 Å². The second kappa shape index (κ2) is 10.1. The van der Waals surface area contributed by atoms with Gasteiger partial charge in [-0.2, -0.15) is 0 Å². The minimum absolute atomic E-state index is 0.0123. The number of nitrogens with one attached hydrogen (secondary N) is 1. The van der Waals surface area contributed by atoms with Gasteiger partial charge in [-0.3, -0.25) is 19.4 Å². The van der Waals surface area contributed by atoms with E-state index < -0.39 is 6.04 Å². The van der Waals surface area contributed by atoms with Crippen LogP contribution >= 0.6 is 0 Å². The Morgan fingerprint density at radius 3 is 2.48 bits per heavy atom. The third-order valence-corrected chi connectivity index (χ3v) is 6.10. The van der Waals surface area contributed by atoms with Crippen LogP contribution in [0.15, 0.2) is 48.5 Å². The highest BCUT2D eigenvalue weighted by atomic mass is 16.5. The van der Waals surface area contributed by atoms with Gasteiger partial charge in [-0.05, 0) is 36.1 Å². The second-order valence-corrected chi connectivity index (χ2v) is 8.51. The van der Waals surface area contributed by atoms with Crippen molar-refractivity contribution in [3.05, 3.63) is 65.2 Å². The molecule has 2 aliphatic heterocycles. The van der Waals surface area contributed by atoms with Crippen molar-refractivity contribution in [3.63, 3.8) is 0 Å². The minimum Gasteiger partial charge on any atom is -0.493 e. The molecule has 31 heavy (non-hydrogen) atoms. The molecule has 2 heterocycles. The summed E-state index contributed by atoms with van der Waals surface area (Å²) >= 11 is 0. The lowest BCUT2D eigenvalue weighted by Crippen LogP contribution is -2.51. The number of nitrogens with zero attached hydrogens (tertiary/aromatic N) is 2. The molecule has 1 atom stereocenters. The Morgan fingerprint density at radius 1 is 1.00 bits per heavy atom. The summed E-state index contributed by atoms with van der Waals surface area (Å²) in [6.07, 6.45) is 1.53. The number of hydrogen-bond donors (Lipinski definition) is 1. The first-order valence-corrected chi connectivity index (χ1v) is 11.1. The van der Waals surface area contributed by atoms with Crippen LogP contribution in [0.2, 0.25) is 0 Å². The van der Waals surface area contributed by atoms with E-state index in [4.69, 9.17) is 4.74 Å². The summed E-state index contributed by atoms with van der Waals surface area (Å²) in [7, 11) is 0. The fourth-order valence-corrected chi connectivity index (χ4v) is 4.29. The average molecular weight is 422 g/mol. The van der Waals surface area contributed by atoms with E-state index in [9.17, 15) is 9.59 Å². The summed E-state index contributed by atoms with van der Waals surface area (Å²) in [4.78, 5) is 29.2. The van der Waals surface area contributed by atoms with Crippen molar-refractivity contribution >= 4 is 11.7 Å². The van der Waals surface area contributed by atoms with Crippen LogP contribution in [-0.2, 0) is 29.0 Å². The first-order chi connectivity index (χ1) is 15.1. The molecule has 0 aliphatic carbocycles. The maximum absolute atomic E-state index is 12.6. The fraction of sp³-hybridized carbons (Fsp3) is 0.440. The molecule has 1 N–H and O–H groups in total. The van der Waals surface area contributed by atoms with Crippen molar-refractivity contribution in [2.45, 2.75) is 32.4 Å². The van der Waals surface area contributed by atoms with Crippen molar-refractivity contribution in [2.75, 3.05) is 39.3 Å². The van der Waals surface area contributed by atoms with Crippen LogP contribution in [-0.4, -0.2) is 66.9 Å². The van der Waals surface area contributed by atoms with Gasteiger partial charge >= 0.3 is 0 Å². The van der Waals surface area contributed by atoms with Gasteiger partial charge in [0.15, 0.2) is 5.78 Å². The van der Waals surface area contributed by atoms with Crippen LogP contribution in [0.25, 0.3) is 0 Å². The molecule has 6 heteroatoms. The third-order valence-electron chi connectivity index (χ3n) is 6.10. The molecule has 4 rings (SSSR count). The fourth-order valence-electron chi connectivity index (χ4n) is 4.29. The maximum atomic E-state index is 12.6. The molecule has 0 unspecified atom stereocenters. The monoisotopic (exact) mass is 421 g/mol. The van der Waals surface area contributed by atoms with Crippen LogP contribution in [0.3, 0.4) is 0 Å². The lowest BCUT2D eigenvalue weighted by atomic mass is 10.0. The number of rotatable bonds is 8. The maximum Gasteiger partial charge on any atom is 0.234 e. The zero-order chi connectivity index (χ0) is 21.6. The molecule has 2 aromatic carbocycles. The standard InChI is InChI=1S/C25H31N3O3/c1-19(29)23(16-20-5-3-2-4-6-20)26-25(30)18-28-12-10-27(11-13-28)17-21-7-8-24-22(15-21)9-14-31-24/h2-8,15,23H,9-14,16-18H2,1H3,(H,26,30)/t23-/m1/s1. The molecule has 164 valence electrons. The summed E-state index contributed by atoms with van der Waals surface area (Å²) in [5, 5.41) is 2.93. The van der Waals surface area contributed by atoms with Gasteiger partial charge in [-0.1, -0.05) is 42.5 Å². The van der Waals surface area contributed by atoms with E-state index in [-0.39, 0.29) is 11.7 Å². The molecule has 0 radical (unpaired) electrons. The van der Waals surface area contributed by atoms with Crippen molar-refractivity contribution in [1.82, 2.24) is 15.1 Å². The number of benzene rings is 2. The normalized spacial score (nSPS) is 17.6. The topological polar surface area (TPSA) is 61.9 Å². The van der Waals surface area contributed by atoms with E-state index in [2.05, 4.69) is 33.3 Å². The molecule has 2 aromatic rings. The van der Waals surface area contributed by atoms with E-state index in [1.807, 2.05) is 30.3 Å². The number of Topliss-reactive ketones (excluding diaryl/α,β-unsaturated/α-hetero) is 1. The number of ketones is 1. The van der Waals surface area contributed by atoms with Gasteiger partial charge < -0.3 is 10.1 Å². The molecule has 6 nitrogen and oxygen atoms in total. The van der Waals surface area contributed by atoms with Crippen LogP contribution in [0.5, 0.6) is 5.75 Å². The summed E-state index contributed by atoms with van der Waals surface area (Å²) in [5.74, 6) is 0.931. The van der Waals surface area contributed by atoms with E-state index in [0.717, 1.165) is 57.1 Å². The first-order valence-electron chi connectivity index (χ1n) is 11.1. The molecule has 0 spiro atoms. The van der Waals surface area contributed by atoms with E-state index >= 15 is 0 Å². The third kappa shape index (κ3) is 5.93. The molecule has 2 aliphatic rings. The summed E-state index contributed by atoms with van der Waals surface area (Å²) in [5.41, 5.74) is 3.68. The van der Waals surface area contributed by atoms with E-state index in [1.54, 1.807) is 0 Å². The molecule has 0 bridgehead atoms. The number of amides is 1. The summed E-state index contributed by atoms with van der Waals surface area (Å²) in [6.45, 7) is 7.16. The molecule has 1 saturated heterocycles. The van der Waals surface area contributed by atoms with Gasteiger partial charge in [0.1, 0.15) is 5.75 Å². The number of ether oxygens (including phenoxy) is 1. The predicted octanol–water partition coefficient (Wildman–Crippen LogP) is 2.06. The highest BCUT2D eigenvalue weighted by Gasteiger charge is 2.22. The number of carbonyl (C=O) groups excluding carboxylic acids is 2. The Labute approximate surface area is 184 Å². The lowest BCUT2D eigenvalue weighted by molar-refractivity contribution is -0.127. The van der Waals surface area contributed by atoms with Crippen LogP contribution in [0.4, 0.5) is 0 Å². The zero-order valence-electron chi connectivity index (χ0n) is 18.2. The number of piperazine rings is 1. The Hall–Kier alpha value is -2.70. The van der Waals surface area contributed by atoms with Crippen molar-refractivity contribution in [2.24, 2.45) is 0 Å². The van der Waals surface area contributed by atoms with Crippen LogP contribution in [0, 0.1) is 0 Å². The highest BCUT2D eigenvalue weighted by Crippen LogP contribution is 2.26. The van der Waals surface area contributed by atoms with Crippen LogP contribution < -0.4 is 10.1 Å². The van der Waals surface area contributed by atoms with Gasteiger partial charge in [-0.15, -0.1) is 0 Å². The molecular formula is C25H31N3O3. The summed E-state index contributed by atoms with van der Waals surface area (Å²) in [6, 6.07) is 15.8. The molecule has 0 aromatic heterocycles. The number of hydrogen-bond acceptors (Lipinski definition) is 5. The molecular weight excluding hydrogens is 390 g/mol. The quantitative estimate of drug-likeness (QED) is 0.707. The van der Waals surface area contributed by atoms with Gasteiger partial charge in [0, 0.05) is 39.1 Å². The predicted molar refractivity (Wildman–Crippen MR) is 120 cm³/mol. The second-order valence-electron chi connectivity index (χ2n) is 8.51. The van der Waals surface area contributed by atoms with Crippen molar-refractivity contribution < 1.29 is 14.3 Å². The molecule has 0 saturated carbocycles.